The Labute approximate surface area is 165 Å². The summed E-state index contributed by atoms with van der Waals surface area (Å²) in [6.45, 7) is 3.01. The van der Waals surface area contributed by atoms with Crippen molar-refractivity contribution in [3.8, 4) is 0 Å². The van der Waals surface area contributed by atoms with Crippen LogP contribution in [0.15, 0.2) is 60.7 Å². The predicted molar refractivity (Wildman–Crippen MR) is 111 cm³/mol. The van der Waals surface area contributed by atoms with E-state index in [1.165, 1.54) is 5.39 Å². The number of nitrogens with zero attached hydrogens (tertiary/aromatic N) is 2. The second-order valence-corrected chi connectivity index (χ2v) is 8.10. The number of aliphatic hydroxyl groups excluding tert-OH is 1. The molecule has 1 aromatic heterocycles. The number of piperidine rings is 1. The predicted octanol–water partition coefficient (Wildman–Crippen LogP) is 4.71. The normalized spacial score (nSPS) is 17.3. The number of hydrogen-bond acceptors (Lipinski definition) is 3. The molecule has 0 atom stereocenters. The van der Waals surface area contributed by atoms with E-state index in [1.807, 2.05) is 30.3 Å². The number of para-hydroxylation sites is 1. The van der Waals surface area contributed by atoms with Gasteiger partial charge in [-0.25, -0.2) is 0 Å². The van der Waals surface area contributed by atoms with Crippen molar-refractivity contribution >= 4 is 22.5 Å². The SMILES string of the molecule is OCC1(Cc2ccccc2Cl)CCN(Cc2ccc3ccccc3n2)CC1. The van der Waals surface area contributed by atoms with E-state index in [0.29, 0.717) is 0 Å². The van der Waals surface area contributed by atoms with Crippen LogP contribution in [0.5, 0.6) is 0 Å². The molecule has 3 aromatic rings. The summed E-state index contributed by atoms with van der Waals surface area (Å²) in [6, 6.07) is 20.5. The number of aromatic nitrogens is 1. The number of benzene rings is 2. The largest absolute Gasteiger partial charge is 0.396 e. The smallest absolute Gasteiger partial charge is 0.0705 e. The quantitative estimate of drug-likeness (QED) is 0.696. The standard InChI is InChI=1S/C23H25ClN2O/c24-21-7-3-1-6-19(21)15-23(17-27)11-13-26(14-12-23)16-20-10-9-18-5-2-4-8-22(18)25-20/h1-10,27H,11-17H2. The van der Waals surface area contributed by atoms with E-state index in [2.05, 4.69) is 35.2 Å². The van der Waals surface area contributed by atoms with Gasteiger partial charge in [0.1, 0.15) is 0 Å². The van der Waals surface area contributed by atoms with Gasteiger partial charge in [-0.2, -0.15) is 0 Å². The monoisotopic (exact) mass is 380 g/mol. The topological polar surface area (TPSA) is 36.4 Å². The fraction of sp³-hybridized carbons (Fsp3) is 0.348. The van der Waals surface area contributed by atoms with Crippen molar-refractivity contribution in [3.63, 3.8) is 0 Å². The van der Waals surface area contributed by atoms with E-state index in [1.54, 1.807) is 0 Å². The lowest BCUT2D eigenvalue weighted by Gasteiger charge is -2.41. The molecule has 2 aromatic carbocycles. The van der Waals surface area contributed by atoms with Gasteiger partial charge in [-0.1, -0.05) is 54.1 Å². The van der Waals surface area contributed by atoms with Crippen LogP contribution in [-0.4, -0.2) is 34.7 Å². The molecule has 0 amide bonds. The molecule has 1 aliphatic heterocycles. The van der Waals surface area contributed by atoms with Crippen molar-refractivity contribution in [1.29, 1.82) is 0 Å². The summed E-state index contributed by atoms with van der Waals surface area (Å²) in [5, 5.41) is 12.1. The molecule has 0 aliphatic carbocycles. The minimum atomic E-state index is -0.0711. The first-order valence-electron chi connectivity index (χ1n) is 9.59. The van der Waals surface area contributed by atoms with Crippen molar-refractivity contribution in [2.24, 2.45) is 5.41 Å². The fourth-order valence-electron chi connectivity index (χ4n) is 4.05. The number of rotatable bonds is 5. The maximum Gasteiger partial charge on any atom is 0.0705 e. The Morgan fingerprint density at radius 1 is 0.963 bits per heavy atom. The van der Waals surface area contributed by atoms with Crippen molar-refractivity contribution < 1.29 is 5.11 Å². The summed E-state index contributed by atoms with van der Waals surface area (Å²) in [4.78, 5) is 7.24. The van der Waals surface area contributed by atoms with Gasteiger partial charge in [0.15, 0.2) is 0 Å². The zero-order valence-electron chi connectivity index (χ0n) is 15.4. The van der Waals surface area contributed by atoms with E-state index < -0.39 is 0 Å². The molecule has 3 nitrogen and oxygen atoms in total. The molecule has 140 valence electrons. The van der Waals surface area contributed by atoms with E-state index in [4.69, 9.17) is 16.6 Å². The van der Waals surface area contributed by atoms with Gasteiger partial charge in [0, 0.05) is 23.6 Å². The number of pyridine rings is 1. The third kappa shape index (κ3) is 4.16. The summed E-state index contributed by atoms with van der Waals surface area (Å²) < 4.78 is 0. The molecule has 2 heterocycles. The van der Waals surface area contributed by atoms with E-state index in [9.17, 15) is 5.11 Å². The van der Waals surface area contributed by atoms with Gasteiger partial charge in [0.25, 0.3) is 0 Å². The van der Waals surface area contributed by atoms with Crippen LogP contribution >= 0.6 is 11.6 Å². The van der Waals surface area contributed by atoms with E-state index in [-0.39, 0.29) is 12.0 Å². The summed E-state index contributed by atoms with van der Waals surface area (Å²) in [7, 11) is 0. The maximum atomic E-state index is 10.1. The zero-order chi connectivity index (χ0) is 18.7. The maximum absolute atomic E-state index is 10.1. The van der Waals surface area contributed by atoms with Crippen molar-refractivity contribution in [3.05, 3.63) is 76.9 Å². The molecular formula is C23H25ClN2O. The third-order valence-electron chi connectivity index (χ3n) is 5.82. The molecule has 0 bridgehead atoms. The Morgan fingerprint density at radius 2 is 1.70 bits per heavy atom. The molecule has 0 spiro atoms. The summed E-state index contributed by atoms with van der Waals surface area (Å²) in [6.07, 6.45) is 2.79. The highest BCUT2D eigenvalue weighted by Crippen LogP contribution is 2.36. The molecule has 1 saturated heterocycles. The number of hydrogen-bond donors (Lipinski definition) is 1. The zero-order valence-corrected chi connectivity index (χ0v) is 16.2. The summed E-state index contributed by atoms with van der Waals surface area (Å²) in [5.74, 6) is 0. The molecule has 0 radical (unpaired) electrons. The van der Waals surface area contributed by atoms with Gasteiger partial charge >= 0.3 is 0 Å². The molecule has 0 unspecified atom stereocenters. The highest BCUT2D eigenvalue weighted by molar-refractivity contribution is 6.31. The molecule has 1 aliphatic rings. The minimum Gasteiger partial charge on any atom is -0.396 e. The first-order valence-corrected chi connectivity index (χ1v) is 9.97. The van der Waals surface area contributed by atoms with Gasteiger partial charge in [0.05, 0.1) is 11.2 Å². The second-order valence-electron chi connectivity index (χ2n) is 7.70. The number of halogens is 1. The van der Waals surface area contributed by atoms with E-state index in [0.717, 1.165) is 60.7 Å². The van der Waals surface area contributed by atoms with Crippen LogP contribution in [0, 0.1) is 5.41 Å². The Morgan fingerprint density at radius 3 is 2.48 bits per heavy atom. The Balaban J connectivity index is 1.41. The lowest BCUT2D eigenvalue weighted by molar-refractivity contribution is 0.0410. The molecule has 0 saturated carbocycles. The van der Waals surface area contributed by atoms with Gasteiger partial charge in [-0.3, -0.25) is 9.88 Å². The Hall–Kier alpha value is -1.94. The molecule has 4 rings (SSSR count). The van der Waals surface area contributed by atoms with Crippen LogP contribution < -0.4 is 0 Å². The molecule has 4 heteroatoms. The van der Waals surface area contributed by atoms with Gasteiger partial charge < -0.3 is 5.11 Å². The van der Waals surface area contributed by atoms with E-state index >= 15 is 0 Å². The third-order valence-corrected chi connectivity index (χ3v) is 6.19. The first kappa shape index (κ1) is 18.4. The lowest BCUT2D eigenvalue weighted by Crippen LogP contribution is -2.43. The van der Waals surface area contributed by atoms with Crippen LogP contribution in [0.25, 0.3) is 10.9 Å². The highest BCUT2D eigenvalue weighted by atomic mass is 35.5. The van der Waals surface area contributed by atoms with Crippen LogP contribution in [0.4, 0.5) is 0 Å². The van der Waals surface area contributed by atoms with Gasteiger partial charge in [-0.15, -0.1) is 0 Å². The number of fused-ring (bicyclic) bond motifs is 1. The van der Waals surface area contributed by atoms with Crippen LogP contribution in [-0.2, 0) is 13.0 Å². The van der Waals surface area contributed by atoms with Crippen LogP contribution in [0.3, 0.4) is 0 Å². The van der Waals surface area contributed by atoms with Crippen molar-refractivity contribution in [2.75, 3.05) is 19.7 Å². The fourth-order valence-corrected chi connectivity index (χ4v) is 4.25. The number of aliphatic hydroxyl groups is 1. The van der Waals surface area contributed by atoms with Crippen LogP contribution in [0.1, 0.15) is 24.1 Å². The Bertz CT molecular complexity index is 919. The first-order chi connectivity index (χ1) is 13.2. The van der Waals surface area contributed by atoms with Gasteiger partial charge in [0.2, 0.25) is 0 Å². The summed E-state index contributed by atoms with van der Waals surface area (Å²) in [5.41, 5.74) is 3.22. The number of likely N-dealkylation sites (tertiary alicyclic amines) is 1. The lowest BCUT2D eigenvalue weighted by atomic mass is 9.74. The molecule has 1 fully saturated rings. The molecule has 27 heavy (non-hydrogen) atoms. The van der Waals surface area contributed by atoms with Crippen molar-refractivity contribution in [1.82, 2.24) is 9.88 Å². The highest BCUT2D eigenvalue weighted by Gasteiger charge is 2.34. The molecular weight excluding hydrogens is 356 g/mol. The average Bonchev–Trinajstić information content (AvgIpc) is 2.71. The molecule has 1 N–H and O–H groups in total. The van der Waals surface area contributed by atoms with Gasteiger partial charge in [-0.05, 0) is 61.5 Å². The average molecular weight is 381 g/mol. The van der Waals surface area contributed by atoms with Crippen molar-refractivity contribution in [2.45, 2.75) is 25.8 Å². The summed E-state index contributed by atoms with van der Waals surface area (Å²) >= 11 is 6.35. The minimum absolute atomic E-state index is 0.0711. The van der Waals surface area contributed by atoms with Crippen LogP contribution in [0.2, 0.25) is 5.02 Å². The second kappa shape index (κ2) is 7.97. The Kier molecular flexibility index (Phi) is 5.44.